The third kappa shape index (κ3) is 3.36. The zero-order valence-corrected chi connectivity index (χ0v) is 15.7. The van der Waals surface area contributed by atoms with Crippen molar-refractivity contribution in [1.29, 1.82) is 0 Å². The van der Waals surface area contributed by atoms with Crippen LogP contribution >= 0.6 is 0 Å². The molecule has 0 spiro atoms. The van der Waals surface area contributed by atoms with Crippen LogP contribution in [-0.2, 0) is 12.0 Å². The molecular weight excluding hydrogens is 336 g/mol. The van der Waals surface area contributed by atoms with Gasteiger partial charge in [0.05, 0.1) is 12.6 Å². The number of nitrogens with two attached hydrogens (primary N) is 1. The quantitative estimate of drug-likeness (QED) is 0.676. The van der Waals surface area contributed by atoms with Crippen molar-refractivity contribution in [1.82, 2.24) is 15.0 Å². The van der Waals surface area contributed by atoms with Crippen molar-refractivity contribution in [2.45, 2.75) is 31.2 Å². The van der Waals surface area contributed by atoms with Gasteiger partial charge in [-0.1, -0.05) is 30.3 Å². The molecule has 1 fully saturated rings. The molecule has 1 aliphatic rings. The van der Waals surface area contributed by atoms with E-state index in [4.69, 9.17) is 10.6 Å². The van der Waals surface area contributed by atoms with Crippen LogP contribution in [0, 0.1) is 0 Å². The molecule has 0 aliphatic carbocycles. The lowest BCUT2D eigenvalue weighted by Gasteiger charge is -2.45. The molecule has 2 heterocycles. The van der Waals surface area contributed by atoms with Crippen LogP contribution in [-0.4, -0.2) is 28.6 Å². The predicted molar refractivity (Wildman–Crippen MR) is 107 cm³/mol. The van der Waals surface area contributed by atoms with Crippen LogP contribution in [0.3, 0.4) is 0 Å². The Morgan fingerprint density at radius 3 is 2.74 bits per heavy atom. The summed E-state index contributed by atoms with van der Waals surface area (Å²) in [6.07, 6.45) is 7.74. The fourth-order valence-electron chi connectivity index (χ4n) is 4.21. The summed E-state index contributed by atoms with van der Waals surface area (Å²) in [6.45, 7) is 0.898. The first kappa shape index (κ1) is 17.8. The summed E-state index contributed by atoms with van der Waals surface area (Å²) in [4.78, 5) is 7.57. The smallest absolute Gasteiger partial charge is 0.137 e. The van der Waals surface area contributed by atoms with Crippen molar-refractivity contribution in [2.24, 2.45) is 5.84 Å². The number of nitrogens with one attached hydrogen (secondary N) is 1. The van der Waals surface area contributed by atoms with E-state index in [9.17, 15) is 0 Å². The van der Waals surface area contributed by atoms with Crippen LogP contribution in [0.4, 0.5) is 0 Å². The van der Waals surface area contributed by atoms with Gasteiger partial charge in [0, 0.05) is 24.5 Å². The highest BCUT2D eigenvalue weighted by atomic mass is 16.5. The zero-order valence-electron chi connectivity index (χ0n) is 15.7. The lowest BCUT2D eigenvalue weighted by molar-refractivity contribution is 0.0421. The van der Waals surface area contributed by atoms with Gasteiger partial charge in [-0.2, -0.15) is 0 Å². The molecule has 27 heavy (non-hydrogen) atoms. The Bertz CT molecular complexity index is 879. The number of imidazole rings is 1. The van der Waals surface area contributed by atoms with Gasteiger partial charge in [0.25, 0.3) is 0 Å². The first-order valence-corrected chi connectivity index (χ1v) is 9.47. The topological polar surface area (TPSA) is 67.2 Å². The van der Waals surface area contributed by atoms with Crippen molar-refractivity contribution < 1.29 is 4.74 Å². The van der Waals surface area contributed by atoms with Crippen LogP contribution in [0.15, 0.2) is 60.9 Å². The molecule has 0 bridgehead atoms. The Balaban J connectivity index is 1.78. The zero-order chi connectivity index (χ0) is 18.7. The van der Waals surface area contributed by atoms with Crippen LogP contribution in [0.1, 0.15) is 30.4 Å². The molecule has 1 aliphatic heterocycles. The second kappa shape index (κ2) is 7.55. The molecule has 1 saturated heterocycles. The van der Waals surface area contributed by atoms with E-state index >= 15 is 0 Å². The molecule has 5 nitrogen and oxygen atoms in total. The summed E-state index contributed by atoms with van der Waals surface area (Å²) in [5, 5.41) is 2.03. The molecule has 140 valence electrons. The molecule has 3 N–H and O–H groups in total. The third-order valence-corrected chi connectivity index (χ3v) is 5.64. The SMILES string of the molecule is COc1ccc(-c2ncc[nH]2)cc1CC1(c2ccccc2)CCCCN1N. The van der Waals surface area contributed by atoms with Crippen molar-refractivity contribution >= 4 is 0 Å². The molecule has 3 aromatic rings. The predicted octanol–water partition coefficient (Wildman–Crippen LogP) is 3.88. The highest BCUT2D eigenvalue weighted by Crippen LogP contribution is 2.41. The number of hydrogen-bond donors (Lipinski definition) is 2. The minimum absolute atomic E-state index is 0.228. The van der Waals surface area contributed by atoms with E-state index in [1.54, 1.807) is 13.3 Å². The van der Waals surface area contributed by atoms with Crippen LogP contribution in [0.2, 0.25) is 0 Å². The number of aromatic amines is 1. The number of methoxy groups -OCH3 is 1. The minimum Gasteiger partial charge on any atom is -0.496 e. The second-order valence-corrected chi connectivity index (χ2v) is 7.19. The molecule has 0 amide bonds. The summed E-state index contributed by atoms with van der Waals surface area (Å²) in [6, 6.07) is 16.9. The number of H-pyrrole nitrogens is 1. The summed E-state index contributed by atoms with van der Waals surface area (Å²) < 4.78 is 5.69. The monoisotopic (exact) mass is 362 g/mol. The molecule has 4 rings (SSSR count). The molecule has 5 heteroatoms. The molecule has 1 atom stereocenters. The number of rotatable bonds is 5. The maximum Gasteiger partial charge on any atom is 0.137 e. The van der Waals surface area contributed by atoms with E-state index in [0.29, 0.717) is 0 Å². The summed E-state index contributed by atoms with van der Waals surface area (Å²) in [5.74, 6) is 8.34. The Morgan fingerprint density at radius 1 is 1.19 bits per heavy atom. The maximum atomic E-state index is 6.59. The summed E-state index contributed by atoms with van der Waals surface area (Å²) in [5.41, 5.74) is 3.23. The number of piperidine rings is 1. The van der Waals surface area contributed by atoms with Crippen LogP contribution in [0.5, 0.6) is 5.75 Å². The van der Waals surface area contributed by atoms with Crippen LogP contribution < -0.4 is 10.6 Å². The first-order valence-electron chi connectivity index (χ1n) is 9.47. The van der Waals surface area contributed by atoms with E-state index in [1.807, 2.05) is 23.3 Å². The maximum absolute atomic E-state index is 6.59. The summed E-state index contributed by atoms with van der Waals surface area (Å²) >= 11 is 0. The molecular formula is C22H26N4O. The normalized spacial score (nSPS) is 20.5. The molecule has 2 aromatic carbocycles. The van der Waals surface area contributed by atoms with E-state index in [0.717, 1.165) is 48.5 Å². The van der Waals surface area contributed by atoms with Crippen molar-refractivity contribution in [3.8, 4) is 17.1 Å². The average molecular weight is 362 g/mol. The van der Waals surface area contributed by atoms with E-state index in [1.165, 1.54) is 12.0 Å². The molecule has 1 unspecified atom stereocenters. The Kier molecular flexibility index (Phi) is 4.97. The summed E-state index contributed by atoms with van der Waals surface area (Å²) in [7, 11) is 1.72. The number of benzene rings is 2. The standard InChI is InChI=1S/C22H26N4O/c1-27-20-10-9-17(21-24-12-13-25-21)15-18(20)16-22(11-5-6-14-26(22)23)19-7-3-2-4-8-19/h2-4,7-10,12-13,15H,5-6,11,14,16,23H2,1H3,(H,24,25). The minimum atomic E-state index is -0.228. The lowest BCUT2D eigenvalue weighted by atomic mass is 9.76. The van der Waals surface area contributed by atoms with Crippen molar-refractivity contribution in [3.05, 3.63) is 72.1 Å². The highest BCUT2D eigenvalue weighted by molar-refractivity contribution is 5.59. The van der Waals surface area contributed by atoms with Gasteiger partial charge >= 0.3 is 0 Å². The lowest BCUT2D eigenvalue weighted by Crippen LogP contribution is -2.54. The third-order valence-electron chi connectivity index (χ3n) is 5.64. The van der Waals surface area contributed by atoms with Gasteiger partial charge in [-0.05, 0) is 55.0 Å². The van der Waals surface area contributed by atoms with E-state index in [2.05, 4.69) is 46.4 Å². The molecule has 0 saturated carbocycles. The van der Waals surface area contributed by atoms with Crippen molar-refractivity contribution in [2.75, 3.05) is 13.7 Å². The number of hydrogen-bond acceptors (Lipinski definition) is 4. The van der Waals surface area contributed by atoms with E-state index in [-0.39, 0.29) is 5.54 Å². The second-order valence-electron chi connectivity index (χ2n) is 7.19. The molecule has 1 aromatic heterocycles. The Morgan fingerprint density at radius 2 is 2.04 bits per heavy atom. The first-order chi connectivity index (χ1) is 13.2. The number of aromatic nitrogens is 2. The van der Waals surface area contributed by atoms with Gasteiger partial charge in [-0.15, -0.1) is 0 Å². The van der Waals surface area contributed by atoms with Gasteiger partial charge < -0.3 is 9.72 Å². The highest BCUT2D eigenvalue weighted by Gasteiger charge is 2.39. The number of ether oxygens (including phenoxy) is 1. The number of nitrogens with zero attached hydrogens (tertiary/aromatic N) is 2. The fourth-order valence-corrected chi connectivity index (χ4v) is 4.21. The van der Waals surface area contributed by atoms with E-state index < -0.39 is 0 Å². The van der Waals surface area contributed by atoms with Gasteiger partial charge in [-0.25, -0.2) is 9.99 Å². The average Bonchev–Trinajstić information content (AvgIpc) is 3.25. The fraction of sp³-hybridized carbons (Fsp3) is 0.318. The van der Waals surface area contributed by atoms with Crippen molar-refractivity contribution in [3.63, 3.8) is 0 Å². The van der Waals surface area contributed by atoms with Gasteiger partial charge in [0.1, 0.15) is 11.6 Å². The Labute approximate surface area is 160 Å². The van der Waals surface area contributed by atoms with Gasteiger partial charge in [0.15, 0.2) is 0 Å². The Hall–Kier alpha value is -2.63. The number of hydrazine groups is 1. The van der Waals surface area contributed by atoms with Crippen LogP contribution in [0.25, 0.3) is 11.4 Å². The van der Waals surface area contributed by atoms with Gasteiger partial charge in [0.2, 0.25) is 0 Å². The largest absolute Gasteiger partial charge is 0.496 e. The molecule has 0 radical (unpaired) electrons. The van der Waals surface area contributed by atoms with Gasteiger partial charge in [-0.3, -0.25) is 5.84 Å².